The molecule has 1 unspecified atom stereocenters. The van der Waals surface area contributed by atoms with E-state index in [0.717, 1.165) is 5.56 Å². The minimum absolute atomic E-state index is 0.124. The number of carbonyl (C=O) groups is 1. The third-order valence-corrected chi connectivity index (χ3v) is 5.40. The topological polar surface area (TPSA) is 84.5 Å². The van der Waals surface area contributed by atoms with Crippen LogP contribution in [-0.4, -0.2) is 28.0 Å². The molecule has 0 saturated heterocycles. The van der Waals surface area contributed by atoms with Crippen LogP contribution in [0.5, 0.6) is 5.75 Å². The van der Waals surface area contributed by atoms with Crippen molar-refractivity contribution in [2.75, 3.05) is 13.7 Å². The van der Waals surface area contributed by atoms with Crippen LogP contribution in [0, 0.1) is 0 Å². The van der Waals surface area contributed by atoms with Crippen molar-refractivity contribution in [2.45, 2.75) is 17.4 Å². The monoisotopic (exact) mass is 346 g/mol. The molecule has 2 aromatic carbocycles. The molecule has 0 aliphatic carbocycles. The molecule has 0 spiro atoms. The van der Waals surface area contributed by atoms with Gasteiger partial charge in [0, 0.05) is 24.6 Å². The van der Waals surface area contributed by atoms with Crippen molar-refractivity contribution >= 4 is 15.9 Å². The zero-order valence-corrected chi connectivity index (χ0v) is 14.0. The fourth-order valence-electron chi connectivity index (χ4n) is 2.65. The van der Waals surface area contributed by atoms with Gasteiger partial charge in [0.1, 0.15) is 5.75 Å². The average molecular weight is 346 g/mol. The molecule has 0 fully saturated rings. The number of benzene rings is 2. The Hall–Kier alpha value is -2.38. The van der Waals surface area contributed by atoms with E-state index < -0.39 is 10.0 Å². The Morgan fingerprint density at radius 1 is 1.12 bits per heavy atom. The lowest BCUT2D eigenvalue weighted by atomic mass is 10.0. The summed E-state index contributed by atoms with van der Waals surface area (Å²) in [5.41, 5.74) is 1.24. The van der Waals surface area contributed by atoms with E-state index in [0.29, 0.717) is 24.3 Å². The van der Waals surface area contributed by atoms with E-state index >= 15 is 0 Å². The molecule has 1 heterocycles. The molecule has 1 aliphatic rings. The van der Waals surface area contributed by atoms with Crippen molar-refractivity contribution in [3.05, 3.63) is 59.7 Å². The minimum Gasteiger partial charge on any atom is -0.493 e. The van der Waals surface area contributed by atoms with Crippen LogP contribution in [0.3, 0.4) is 0 Å². The van der Waals surface area contributed by atoms with Crippen LogP contribution in [-0.2, 0) is 10.0 Å². The van der Waals surface area contributed by atoms with Crippen molar-refractivity contribution in [1.82, 2.24) is 10.0 Å². The number of carbonyl (C=O) groups excluding carboxylic acids is 1. The number of fused-ring (bicyclic) bond motifs is 1. The number of hydrogen-bond acceptors (Lipinski definition) is 4. The number of amides is 1. The second-order valence-corrected chi connectivity index (χ2v) is 7.17. The second-order valence-electron chi connectivity index (χ2n) is 5.45. The van der Waals surface area contributed by atoms with Gasteiger partial charge in [-0.2, -0.15) is 0 Å². The molecule has 1 amide bonds. The third kappa shape index (κ3) is 3.27. The lowest BCUT2D eigenvalue weighted by Crippen LogP contribution is -2.32. The smallest absolute Gasteiger partial charge is 0.251 e. The maximum absolute atomic E-state index is 12.6. The van der Waals surface area contributed by atoms with Crippen molar-refractivity contribution in [3.8, 4) is 5.75 Å². The lowest BCUT2D eigenvalue weighted by molar-refractivity contribution is 0.0963. The summed E-state index contributed by atoms with van der Waals surface area (Å²) in [4.78, 5) is 11.7. The SMILES string of the molecule is CNC(=O)c1ccc(S(=O)(=O)NC2CCOc3ccccc32)cc1. The summed E-state index contributed by atoms with van der Waals surface area (Å²) in [6.07, 6.45) is 0.562. The first-order valence-electron chi connectivity index (χ1n) is 7.57. The van der Waals surface area contributed by atoms with Gasteiger partial charge >= 0.3 is 0 Å². The Morgan fingerprint density at radius 2 is 1.83 bits per heavy atom. The Labute approximate surface area is 140 Å². The van der Waals surface area contributed by atoms with Crippen molar-refractivity contribution < 1.29 is 17.9 Å². The molecule has 126 valence electrons. The van der Waals surface area contributed by atoms with Crippen LogP contribution in [0.25, 0.3) is 0 Å². The van der Waals surface area contributed by atoms with E-state index in [1.165, 1.54) is 31.3 Å². The molecule has 0 radical (unpaired) electrons. The fourth-order valence-corrected chi connectivity index (χ4v) is 3.90. The van der Waals surface area contributed by atoms with Crippen LogP contribution >= 0.6 is 0 Å². The quantitative estimate of drug-likeness (QED) is 0.885. The van der Waals surface area contributed by atoms with Gasteiger partial charge < -0.3 is 10.1 Å². The van der Waals surface area contributed by atoms with Gasteiger partial charge in [-0.05, 0) is 30.3 Å². The van der Waals surface area contributed by atoms with E-state index in [1.807, 2.05) is 24.3 Å². The van der Waals surface area contributed by atoms with E-state index in [4.69, 9.17) is 4.74 Å². The first kappa shape index (κ1) is 16.5. The second kappa shape index (κ2) is 6.62. The molecule has 0 bridgehead atoms. The Kier molecular flexibility index (Phi) is 4.55. The van der Waals surface area contributed by atoms with Gasteiger partial charge in [0.05, 0.1) is 17.5 Å². The summed E-state index contributed by atoms with van der Waals surface area (Å²) in [6.45, 7) is 0.458. The predicted molar refractivity (Wildman–Crippen MR) is 89.4 cm³/mol. The highest BCUT2D eigenvalue weighted by atomic mass is 32.2. The van der Waals surface area contributed by atoms with Crippen molar-refractivity contribution in [3.63, 3.8) is 0 Å². The van der Waals surface area contributed by atoms with Crippen LogP contribution < -0.4 is 14.8 Å². The summed E-state index contributed by atoms with van der Waals surface area (Å²) in [5.74, 6) is 0.441. The Morgan fingerprint density at radius 3 is 2.54 bits per heavy atom. The zero-order valence-electron chi connectivity index (χ0n) is 13.2. The van der Waals surface area contributed by atoms with E-state index in [2.05, 4.69) is 10.0 Å². The molecule has 0 aromatic heterocycles. The summed E-state index contributed by atoms with van der Waals surface area (Å²) in [5, 5.41) is 2.50. The molecule has 0 saturated carbocycles. The number of sulfonamides is 1. The van der Waals surface area contributed by atoms with Gasteiger partial charge in [-0.15, -0.1) is 0 Å². The highest BCUT2D eigenvalue weighted by molar-refractivity contribution is 7.89. The van der Waals surface area contributed by atoms with Gasteiger partial charge in [0.15, 0.2) is 0 Å². The molecular weight excluding hydrogens is 328 g/mol. The lowest BCUT2D eigenvalue weighted by Gasteiger charge is -2.26. The Bertz CT molecular complexity index is 847. The Balaban J connectivity index is 1.83. The number of nitrogens with one attached hydrogen (secondary N) is 2. The predicted octanol–water partition coefficient (Wildman–Crippen LogP) is 1.85. The average Bonchev–Trinajstić information content (AvgIpc) is 2.61. The minimum atomic E-state index is -3.69. The van der Waals surface area contributed by atoms with Crippen LogP contribution in [0.4, 0.5) is 0 Å². The molecule has 3 rings (SSSR count). The fraction of sp³-hybridized carbons (Fsp3) is 0.235. The van der Waals surface area contributed by atoms with Crippen molar-refractivity contribution in [2.24, 2.45) is 0 Å². The van der Waals surface area contributed by atoms with E-state index in [9.17, 15) is 13.2 Å². The van der Waals surface area contributed by atoms with Gasteiger partial charge in [-0.3, -0.25) is 4.79 Å². The van der Waals surface area contributed by atoms with Crippen LogP contribution in [0.1, 0.15) is 28.4 Å². The largest absolute Gasteiger partial charge is 0.493 e. The molecule has 2 N–H and O–H groups in total. The summed E-state index contributed by atoms with van der Waals surface area (Å²) in [7, 11) is -2.16. The molecule has 24 heavy (non-hydrogen) atoms. The number of hydrogen-bond donors (Lipinski definition) is 2. The molecule has 2 aromatic rings. The molecular formula is C17H18N2O4S. The van der Waals surface area contributed by atoms with Crippen LogP contribution in [0.15, 0.2) is 53.4 Å². The zero-order chi connectivity index (χ0) is 17.2. The summed E-state index contributed by atoms with van der Waals surface area (Å²) >= 11 is 0. The maximum atomic E-state index is 12.6. The molecule has 6 nitrogen and oxygen atoms in total. The number of rotatable bonds is 4. The normalized spacial score (nSPS) is 16.8. The highest BCUT2D eigenvalue weighted by Crippen LogP contribution is 2.32. The first-order chi connectivity index (χ1) is 11.5. The standard InChI is InChI=1S/C17H18N2O4S/c1-18-17(20)12-6-8-13(9-7-12)24(21,22)19-15-10-11-23-16-5-3-2-4-14(15)16/h2-9,15,19H,10-11H2,1H3,(H,18,20). The van der Waals surface area contributed by atoms with Gasteiger partial charge in [0.25, 0.3) is 5.91 Å². The highest BCUT2D eigenvalue weighted by Gasteiger charge is 2.26. The van der Waals surface area contributed by atoms with Gasteiger partial charge in [-0.1, -0.05) is 18.2 Å². The maximum Gasteiger partial charge on any atom is 0.251 e. The molecule has 1 aliphatic heterocycles. The number of para-hydroxylation sites is 1. The van der Waals surface area contributed by atoms with Crippen molar-refractivity contribution in [1.29, 1.82) is 0 Å². The van der Waals surface area contributed by atoms with E-state index in [1.54, 1.807) is 0 Å². The van der Waals surface area contributed by atoms with Gasteiger partial charge in [-0.25, -0.2) is 13.1 Å². The number of ether oxygens (including phenoxy) is 1. The summed E-state index contributed by atoms with van der Waals surface area (Å²) in [6, 6.07) is 12.9. The first-order valence-corrected chi connectivity index (χ1v) is 9.06. The summed E-state index contributed by atoms with van der Waals surface area (Å²) < 4.78 is 33.5. The molecule has 7 heteroatoms. The van der Waals surface area contributed by atoms with E-state index in [-0.39, 0.29) is 16.8 Å². The third-order valence-electron chi connectivity index (χ3n) is 3.91. The molecule has 1 atom stereocenters. The van der Waals surface area contributed by atoms with Gasteiger partial charge in [0.2, 0.25) is 10.0 Å². The van der Waals surface area contributed by atoms with Crippen LogP contribution in [0.2, 0.25) is 0 Å².